The standard InChI is InChI=1S/C13H22N4O/c1-3-11-15-12(14-2)8-13(16-11)17-6-4-10(9-18)5-7-17/h8,10,18H,3-7,9H2,1-2H3,(H,14,15,16). The zero-order valence-electron chi connectivity index (χ0n) is 11.2. The molecule has 100 valence electrons. The third-order valence-corrected chi connectivity index (χ3v) is 3.53. The predicted octanol–water partition coefficient (Wildman–Crippen LogP) is 1.29. The SMILES string of the molecule is CCc1nc(NC)cc(N2CCC(CO)CC2)n1. The second-order valence-corrected chi connectivity index (χ2v) is 4.74. The van der Waals surface area contributed by atoms with Gasteiger partial charge in [0.1, 0.15) is 17.5 Å². The molecule has 2 rings (SSSR count). The maximum Gasteiger partial charge on any atom is 0.134 e. The van der Waals surface area contributed by atoms with Gasteiger partial charge >= 0.3 is 0 Å². The predicted molar refractivity (Wildman–Crippen MR) is 73.0 cm³/mol. The van der Waals surface area contributed by atoms with Gasteiger partial charge in [-0.3, -0.25) is 0 Å². The van der Waals surface area contributed by atoms with Crippen LogP contribution in [0.15, 0.2) is 6.07 Å². The average molecular weight is 250 g/mol. The third kappa shape index (κ3) is 2.90. The first-order valence-electron chi connectivity index (χ1n) is 6.68. The van der Waals surface area contributed by atoms with E-state index in [4.69, 9.17) is 5.11 Å². The summed E-state index contributed by atoms with van der Waals surface area (Å²) in [7, 11) is 1.88. The highest BCUT2D eigenvalue weighted by Crippen LogP contribution is 2.23. The Morgan fingerprint density at radius 2 is 2.11 bits per heavy atom. The topological polar surface area (TPSA) is 61.3 Å². The first kappa shape index (κ1) is 13.1. The van der Waals surface area contributed by atoms with Crippen LogP contribution in [0.25, 0.3) is 0 Å². The van der Waals surface area contributed by atoms with Gasteiger partial charge in [0.15, 0.2) is 0 Å². The number of aliphatic hydroxyl groups excluding tert-OH is 1. The molecule has 0 radical (unpaired) electrons. The van der Waals surface area contributed by atoms with Crippen molar-refractivity contribution in [3.63, 3.8) is 0 Å². The summed E-state index contributed by atoms with van der Waals surface area (Å²) >= 11 is 0. The van der Waals surface area contributed by atoms with E-state index >= 15 is 0 Å². The van der Waals surface area contributed by atoms with E-state index in [1.54, 1.807) is 0 Å². The molecule has 0 saturated carbocycles. The minimum Gasteiger partial charge on any atom is -0.396 e. The minimum absolute atomic E-state index is 0.305. The molecule has 2 heterocycles. The number of aliphatic hydroxyl groups is 1. The van der Waals surface area contributed by atoms with E-state index in [1.807, 2.05) is 13.1 Å². The number of nitrogens with zero attached hydrogens (tertiary/aromatic N) is 3. The Balaban J connectivity index is 2.13. The van der Waals surface area contributed by atoms with E-state index in [-0.39, 0.29) is 0 Å². The number of aryl methyl sites for hydroxylation is 1. The number of anilines is 2. The van der Waals surface area contributed by atoms with E-state index in [9.17, 15) is 0 Å². The smallest absolute Gasteiger partial charge is 0.134 e. The van der Waals surface area contributed by atoms with Gasteiger partial charge < -0.3 is 15.3 Å². The van der Waals surface area contributed by atoms with Crippen molar-refractivity contribution in [2.45, 2.75) is 26.2 Å². The van der Waals surface area contributed by atoms with Gasteiger partial charge in [-0.1, -0.05) is 6.92 Å². The molecule has 5 nitrogen and oxygen atoms in total. The quantitative estimate of drug-likeness (QED) is 0.843. The third-order valence-electron chi connectivity index (χ3n) is 3.53. The molecule has 0 atom stereocenters. The number of hydrogen-bond acceptors (Lipinski definition) is 5. The molecule has 0 aliphatic carbocycles. The van der Waals surface area contributed by atoms with Gasteiger partial charge in [0.05, 0.1) is 0 Å². The van der Waals surface area contributed by atoms with Gasteiger partial charge in [-0.15, -0.1) is 0 Å². The molecule has 0 bridgehead atoms. The van der Waals surface area contributed by atoms with Crippen LogP contribution in [0.4, 0.5) is 11.6 Å². The zero-order chi connectivity index (χ0) is 13.0. The van der Waals surface area contributed by atoms with Crippen molar-refractivity contribution in [3.8, 4) is 0 Å². The Morgan fingerprint density at radius 3 is 2.67 bits per heavy atom. The summed E-state index contributed by atoms with van der Waals surface area (Å²) in [6.45, 7) is 4.30. The van der Waals surface area contributed by atoms with Crippen LogP contribution in [0.5, 0.6) is 0 Å². The van der Waals surface area contributed by atoms with Gasteiger partial charge in [0.2, 0.25) is 0 Å². The molecule has 1 fully saturated rings. The van der Waals surface area contributed by atoms with Crippen molar-refractivity contribution < 1.29 is 5.11 Å². The average Bonchev–Trinajstić information content (AvgIpc) is 2.46. The molecule has 1 aliphatic rings. The number of aromatic nitrogens is 2. The fourth-order valence-corrected chi connectivity index (χ4v) is 2.28. The Hall–Kier alpha value is -1.36. The van der Waals surface area contributed by atoms with E-state index in [0.717, 1.165) is 49.8 Å². The largest absolute Gasteiger partial charge is 0.396 e. The second kappa shape index (κ2) is 6.00. The maximum atomic E-state index is 9.16. The summed E-state index contributed by atoms with van der Waals surface area (Å²) in [5, 5.41) is 12.2. The molecule has 0 amide bonds. The fourth-order valence-electron chi connectivity index (χ4n) is 2.28. The van der Waals surface area contributed by atoms with Crippen LogP contribution in [0.1, 0.15) is 25.6 Å². The van der Waals surface area contributed by atoms with Crippen molar-refractivity contribution in [3.05, 3.63) is 11.9 Å². The van der Waals surface area contributed by atoms with Crippen molar-refractivity contribution in [1.82, 2.24) is 9.97 Å². The minimum atomic E-state index is 0.305. The summed E-state index contributed by atoms with van der Waals surface area (Å²) in [4.78, 5) is 11.3. The summed E-state index contributed by atoms with van der Waals surface area (Å²) in [5.74, 6) is 3.21. The Morgan fingerprint density at radius 1 is 1.39 bits per heavy atom. The van der Waals surface area contributed by atoms with Crippen molar-refractivity contribution in [2.24, 2.45) is 5.92 Å². The lowest BCUT2D eigenvalue weighted by molar-refractivity contribution is 0.203. The van der Waals surface area contributed by atoms with Crippen LogP contribution in [0, 0.1) is 5.92 Å². The Bertz CT molecular complexity index is 366. The van der Waals surface area contributed by atoms with Crippen LogP contribution < -0.4 is 10.2 Å². The molecule has 1 saturated heterocycles. The normalized spacial score (nSPS) is 16.9. The maximum absolute atomic E-state index is 9.16. The van der Waals surface area contributed by atoms with Crippen molar-refractivity contribution in [2.75, 3.05) is 37.0 Å². The van der Waals surface area contributed by atoms with E-state index in [2.05, 4.69) is 27.1 Å². The van der Waals surface area contributed by atoms with E-state index < -0.39 is 0 Å². The number of piperidine rings is 1. The Kier molecular flexibility index (Phi) is 4.36. The lowest BCUT2D eigenvalue weighted by Crippen LogP contribution is -2.35. The fraction of sp³-hybridized carbons (Fsp3) is 0.692. The lowest BCUT2D eigenvalue weighted by Gasteiger charge is -2.32. The van der Waals surface area contributed by atoms with Gasteiger partial charge in [0.25, 0.3) is 0 Å². The molecule has 0 unspecified atom stereocenters. The van der Waals surface area contributed by atoms with Crippen LogP contribution >= 0.6 is 0 Å². The molecule has 1 aromatic rings. The highest BCUT2D eigenvalue weighted by Gasteiger charge is 2.20. The van der Waals surface area contributed by atoms with Gasteiger partial charge in [0, 0.05) is 39.2 Å². The summed E-state index contributed by atoms with van der Waals surface area (Å²) in [6.07, 6.45) is 2.92. The molecule has 2 N–H and O–H groups in total. The first-order chi connectivity index (χ1) is 8.76. The second-order valence-electron chi connectivity index (χ2n) is 4.74. The van der Waals surface area contributed by atoms with E-state index in [0.29, 0.717) is 12.5 Å². The number of nitrogens with one attached hydrogen (secondary N) is 1. The van der Waals surface area contributed by atoms with Crippen LogP contribution in [0.3, 0.4) is 0 Å². The highest BCUT2D eigenvalue weighted by atomic mass is 16.3. The summed E-state index contributed by atoms with van der Waals surface area (Å²) < 4.78 is 0. The van der Waals surface area contributed by atoms with Crippen LogP contribution in [0.2, 0.25) is 0 Å². The number of hydrogen-bond donors (Lipinski definition) is 2. The van der Waals surface area contributed by atoms with E-state index in [1.165, 1.54) is 0 Å². The Labute approximate surface area is 108 Å². The van der Waals surface area contributed by atoms with Gasteiger partial charge in [-0.25, -0.2) is 9.97 Å². The molecule has 1 aromatic heterocycles. The first-order valence-corrected chi connectivity index (χ1v) is 6.68. The van der Waals surface area contributed by atoms with Gasteiger partial charge in [-0.2, -0.15) is 0 Å². The molecule has 0 spiro atoms. The molecular formula is C13H22N4O. The molecule has 18 heavy (non-hydrogen) atoms. The highest BCUT2D eigenvalue weighted by molar-refractivity contribution is 5.49. The molecular weight excluding hydrogens is 228 g/mol. The number of rotatable bonds is 4. The monoisotopic (exact) mass is 250 g/mol. The van der Waals surface area contributed by atoms with Crippen molar-refractivity contribution >= 4 is 11.6 Å². The lowest BCUT2D eigenvalue weighted by atomic mass is 9.98. The summed E-state index contributed by atoms with van der Waals surface area (Å²) in [5.41, 5.74) is 0. The van der Waals surface area contributed by atoms with Crippen molar-refractivity contribution in [1.29, 1.82) is 0 Å². The van der Waals surface area contributed by atoms with Crippen LogP contribution in [-0.2, 0) is 6.42 Å². The zero-order valence-corrected chi connectivity index (χ0v) is 11.2. The van der Waals surface area contributed by atoms with Gasteiger partial charge in [-0.05, 0) is 18.8 Å². The molecule has 1 aliphatic heterocycles. The molecule has 0 aromatic carbocycles. The molecule has 5 heteroatoms. The summed E-state index contributed by atoms with van der Waals surface area (Å²) in [6, 6.07) is 2.00. The van der Waals surface area contributed by atoms with Crippen LogP contribution in [-0.4, -0.2) is 41.8 Å².